The summed E-state index contributed by atoms with van der Waals surface area (Å²) in [4.78, 5) is 2.40. The third-order valence-electron chi connectivity index (χ3n) is 3.77. The van der Waals surface area contributed by atoms with E-state index in [0.29, 0.717) is 17.4 Å². The van der Waals surface area contributed by atoms with Crippen molar-refractivity contribution in [1.29, 1.82) is 5.26 Å². The van der Waals surface area contributed by atoms with Crippen molar-refractivity contribution in [2.75, 3.05) is 7.11 Å². The van der Waals surface area contributed by atoms with Crippen LogP contribution in [0.5, 0.6) is 5.75 Å². The van der Waals surface area contributed by atoms with E-state index in [1.165, 1.54) is 12.8 Å². The Bertz CT molecular complexity index is 639. The summed E-state index contributed by atoms with van der Waals surface area (Å²) in [6.45, 7) is 1.63. The predicted octanol–water partition coefficient (Wildman–Crippen LogP) is 3.32. The van der Waals surface area contributed by atoms with Gasteiger partial charge in [-0.05, 0) is 42.7 Å². The number of ether oxygens (including phenoxy) is 1. The zero-order valence-corrected chi connectivity index (χ0v) is 12.1. The molecule has 0 spiro atoms. The highest BCUT2D eigenvalue weighted by Gasteiger charge is 2.29. The SMILES string of the molecule is COc1ccc(CN(Cc2ccco2)C2CC2)cc1C#N. The van der Waals surface area contributed by atoms with Crippen LogP contribution in [0.25, 0.3) is 0 Å². The quantitative estimate of drug-likeness (QED) is 0.815. The third-order valence-corrected chi connectivity index (χ3v) is 3.77. The van der Waals surface area contributed by atoms with E-state index in [4.69, 9.17) is 9.15 Å². The third kappa shape index (κ3) is 3.26. The number of methoxy groups -OCH3 is 1. The van der Waals surface area contributed by atoms with Crippen LogP contribution in [-0.4, -0.2) is 18.1 Å². The minimum absolute atomic E-state index is 0.587. The molecule has 1 saturated carbocycles. The van der Waals surface area contributed by atoms with Crippen molar-refractivity contribution in [3.63, 3.8) is 0 Å². The maximum absolute atomic E-state index is 9.18. The number of benzene rings is 1. The first-order valence-electron chi connectivity index (χ1n) is 7.13. The minimum atomic E-state index is 0.587. The molecule has 0 amide bonds. The number of hydrogen-bond donors (Lipinski definition) is 0. The smallest absolute Gasteiger partial charge is 0.136 e. The molecule has 1 aliphatic rings. The van der Waals surface area contributed by atoms with E-state index in [2.05, 4.69) is 11.0 Å². The molecule has 0 unspecified atom stereocenters. The van der Waals surface area contributed by atoms with Crippen LogP contribution < -0.4 is 4.74 Å². The number of furan rings is 1. The van der Waals surface area contributed by atoms with Gasteiger partial charge in [0.05, 0.1) is 25.5 Å². The van der Waals surface area contributed by atoms with Gasteiger partial charge in [0.25, 0.3) is 0 Å². The molecule has 1 fully saturated rings. The standard InChI is InChI=1S/C17H18N2O2/c1-20-17-7-4-13(9-14(17)10-18)11-19(15-5-6-15)12-16-3-2-8-21-16/h2-4,7-9,15H,5-6,11-12H2,1H3. The molecule has 4 heteroatoms. The van der Waals surface area contributed by atoms with E-state index in [1.807, 2.05) is 30.3 Å². The maximum Gasteiger partial charge on any atom is 0.136 e. The van der Waals surface area contributed by atoms with E-state index < -0.39 is 0 Å². The molecule has 1 aliphatic carbocycles. The van der Waals surface area contributed by atoms with Crippen LogP contribution in [0.15, 0.2) is 41.0 Å². The first kappa shape index (κ1) is 13.7. The lowest BCUT2D eigenvalue weighted by Crippen LogP contribution is -2.24. The van der Waals surface area contributed by atoms with Gasteiger partial charge in [-0.1, -0.05) is 6.07 Å². The number of hydrogen-bond acceptors (Lipinski definition) is 4. The number of nitrogens with zero attached hydrogens (tertiary/aromatic N) is 2. The Labute approximate surface area is 124 Å². The summed E-state index contributed by atoms with van der Waals surface area (Å²) < 4.78 is 10.6. The average molecular weight is 282 g/mol. The molecule has 108 valence electrons. The molecule has 1 aromatic carbocycles. The van der Waals surface area contributed by atoms with Crippen molar-refractivity contribution >= 4 is 0 Å². The molecule has 21 heavy (non-hydrogen) atoms. The molecular formula is C17H18N2O2. The molecule has 0 atom stereocenters. The van der Waals surface area contributed by atoms with Gasteiger partial charge in [0.2, 0.25) is 0 Å². The van der Waals surface area contributed by atoms with Crippen LogP contribution in [-0.2, 0) is 13.1 Å². The van der Waals surface area contributed by atoms with E-state index >= 15 is 0 Å². The fourth-order valence-electron chi connectivity index (χ4n) is 2.53. The Balaban J connectivity index is 1.75. The summed E-state index contributed by atoms with van der Waals surface area (Å²) in [5.74, 6) is 1.61. The van der Waals surface area contributed by atoms with Gasteiger partial charge >= 0.3 is 0 Å². The van der Waals surface area contributed by atoms with Gasteiger partial charge in [0, 0.05) is 12.6 Å². The average Bonchev–Trinajstić information content (AvgIpc) is 3.24. The molecular weight excluding hydrogens is 264 g/mol. The molecule has 0 radical (unpaired) electrons. The largest absolute Gasteiger partial charge is 0.495 e. The second-order valence-corrected chi connectivity index (χ2v) is 5.36. The normalized spacial score (nSPS) is 14.1. The molecule has 3 rings (SSSR count). The Morgan fingerprint density at radius 2 is 2.19 bits per heavy atom. The molecule has 0 saturated heterocycles. The summed E-state index contributed by atoms with van der Waals surface area (Å²) in [5.41, 5.74) is 1.72. The highest BCUT2D eigenvalue weighted by molar-refractivity contribution is 5.45. The topological polar surface area (TPSA) is 49.4 Å². The molecule has 0 N–H and O–H groups in total. The molecule has 0 bridgehead atoms. The zero-order valence-electron chi connectivity index (χ0n) is 12.1. The summed E-state index contributed by atoms with van der Waals surface area (Å²) in [7, 11) is 1.59. The van der Waals surface area contributed by atoms with Crippen LogP contribution in [0, 0.1) is 11.3 Å². The van der Waals surface area contributed by atoms with Gasteiger partial charge in [-0.25, -0.2) is 0 Å². The van der Waals surface area contributed by atoms with Crippen LogP contribution >= 0.6 is 0 Å². The van der Waals surface area contributed by atoms with E-state index in [1.54, 1.807) is 13.4 Å². The van der Waals surface area contributed by atoms with Crippen LogP contribution in [0.3, 0.4) is 0 Å². The van der Waals surface area contributed by atoms with E-state index in [9.17, 15) is 5.26 Å². The lowest BCUT2D eigenvalue weighted by atomic mass is 10.1. The summed E-state index contributed by atoms with van der Waals surface area (Å²) in [6.07, 6.45) is 4.19. The summed E-state index contributed by atoms with van der Waals surface area (Å²) >= 11 is 0. The van der Waals surface area contributed by atoms with Crippen molar-refractivity contribution in [3.8, 4) is 11.8 Å². The molecule has 2 aromatic rings. The number of nitriles is 1. The molecule has 4 nitrogen and oxygen atoms in total. The lowest BCUT2D eigenvalue weighted by molar-refractivity contribution is 0.225. The maximum atomic E-state index is 9.18. The van der Waals surface area contributed by atoms with Crippen molar-refractivity contribution in [2.24, 2.45) is 0 Å². The Kier molecular flexibility index (Phi) is 3.94. The zero-order chi connectivity index (χ0) is 14.7. The fraction of sp³-hybridized carbons (Fsp3) is 0.353. The minimum Gasteiger partial charge on any atom is -0.495 e. The first-order chi connectivity index (χ1) is 10.3. The predicted molar refractivity (Wildman–Crippen MR) is 78.7 cm³/mol. The van der Waals surface area contributed by atoms with E-state index in [0.717, 1.165) is 24.4 Å². The molecule has 1 aromatic heterocycles. The van der Waals surface area contributed by atoms with E-state index in [-0.39, 0.29) is 0 Å². The number of rotatable bonds is 6. The highest BCUT2D eigenvalue weighted by Crippen LogP contribution is 2.30. The second-order valence-electron chi connectivity index (χ2n) is 5.36. The second kappa shape index (κ2) is 6.02. The van der Waals surface area contributed by atoms with Crippen LogP contribution in [0.2, 0.25) is 0 Å². The Morgan fingerprint density at radius 1 is 1.33 bits per heavy atom. The van der Waals surface area contributed by atoms with Crippen LogP contribution in [0.1, 0.15) is 29.7 Å². The fourth-order valence-corrected chi connectivity index (χ4v) is 2.53. The van der Waals surface area contributed by atoms with Crippen LogP contribution in [0.4, 0.5) is 0 Å². The van der Waals surface area contributed by atoms with Gasteiger partial charge in [0.15, 0.2) is 0 Å². The van der Waals surface area contributed by atoms with Gasteiger partial charge in [-0.15, -0.1) is 0 Å². The van der Waals surface area contributed by atoms with Crippen molar-refractivity contribution < 1.29 is 9.15 Å². The summed E-state index contributed by atoms with van der Waals surface area (Å²) in [6, 6.07) is 12.5. The lowest BCUT2D eigenvalue weighted by Gasteiger charge is -2.21. The van der Waals surface area contributed by atoms with Crippen molar-refractivity contribution in [2.45, 2.75) is 32.0 Å². The van der Waals surface area contributed by atoms with Gasteiger partial charge < -0.3 is 9.15 Å². The summed E-state index contributed by atoms with van der Waals surface area (Å²) in [5, 5.41) is 9.18. The van der Waals surface area contributed by atoms with Gasteiger partial charge in [-0.2, -0.15) is 5.26 Å². The first-order valence-corrected chi connectivity index (χ1v) is 7.13. The molecule has 0 aliphatic heterocycles. The highest BCUT2D eigenvalue weighted by atomic mass is 16.5. The van der Waals surface area contributed by atoms with Gasteiger partial charge in [0.1, 0.15) is 17.6 Å². The monoisotopic (exact) mass is 282 g/mol. The van der Waals surface area contributed by atoms with Crippen molar-refractivity contribution in [1.82, 2.24) is 4.90 Å². The molecule has 1 heterocycles. The Morgan fingerprint density at radius 3 is 2.81 bits per heavy atom. The van der Waals surface area contributed by atoms with Crippen molar-refractivity contribution in [3.05, 3.63) is 53.5 Å². The van der Waals surface area contributed by atoms with Gasteiger partial charge in [-0.3, -0.25) is 4.90 Å². The Hall–Kier alpha value is -2.25.